The van der Waals surface area contributed by atoms with E-state index < -0.39 is 0 Å². The van der Waals surface area contributed by atoms with Crippen LogP contribution in [0.15, 0.2) is 12.1 Å². The maximum atomic E-state index is 4.73. The maximum absolute atomic E-state index is 4.73. The van der Waals surface area contributed by atoms with E-state index in [0.29, 0.717) is 6.04 Å². The van der Waals surface area contributed by atoms with Crippen LogP contribution in [-0.4, -0.2) is 20.8 Å². The third-order valence-corrected chi connectivity index (χ3v) is 3.89. The second-order valence-corrected chi connectivity index (χ2v) is 5.86. The lowest BCUT2D eigenvalue weighted by molar-refractivity contribution is 0.586. The predicted octanol–water partition coefficient (Wildman–Crippen LogP) is 3.25. The summed E-state index contributed by atoms with van der Waals surface area (Å²) in [5, 5.41) is 8.07. The van der Waals surface area contributed by atoms with Gasteiger partial charge in [-0.1, -0.05) is 26.8 Å². The second kappa shape index (κ2) is 6.39. The van der Waals surface area contributed by atoms with Crippen molar-refractivity contribution in [1.29, 1.82) is 0 Å². The first kappa shape index (κ1) is 15.7. The molecule has 0 saturated heterocycles. The molecular weight excluding hydrogens is 260 g/mol. The third-order valence-electron chi connectivity index (χ3n) is 3.89. The van der Waals surface area contributed by atoms with E-state index in [1.165, 1.54) is 16.8 Å². The van der Waals surface area contributed by atoms with Gasteiger partial charge in [0.2, 0.25) is 0 Å². The lowest BCUT2D eigenvalue weighted by Gasteiger charge is -2.12. The quantitative estimate of drug-likeness (QED) is 0.917. The lowest BCUT2D eigenvalue weighted by atomic mass is 10.1. The molecule has 0 aliphatic rings. The van der Waals surface area contributed by atoms with Crippen LogP contribution in [-0.2, 0) is 13.0 Å². The fourth-order valence-electron chi connectivity index (χ4n) is 2.61. The molecule has 1 N–H and O–H groups in total. The molecule has 21 heavy (non-hydrogen) atoms. The van der Waals surface area contributed by atoms with E-state index in [2.05, 4.69) is 64.1 Å². The second-order valence-electron chi connectivity index (χ2n) is 5.86. The zero-order chi connectivity index (χ0) is 15.6. The van der Waals surface area contributed by atoms with Crippen molar-refractivity contribution in [1.82, 2.24) is 20.1 Å². The highest BCUT2D eigenvalue weighted by atomic mass is 15.3. The van der Waals surface area contributed by atoms with Crippen LogP contribution in [0.25, 0.3) is 5.82 Å². The Kier molecular flexibility index (Phi) is 4.78. The Morgan fingerprint density at radius 3 is 2.38 bits per heavy atom. The van der Waals surface area contributed by atoms with Crippen molar-refractivity contribution in [2.75, 3.05) is 0 Å². The fraction of sp³-hybridized carbons (Fsp3) is 0.529. The normalized spacial score (nSPS) is 11.4. The van der Waals surface area contributed by atoms with E-state index >= 15 is 0 Å². The van der Waals surface area contributed by atoms with E-state index in [1.54, 1.807) is 0 Å². The smallest absolute Gasteiger partial charge is 0.153 e. The number of nitrogens with zero attached hydrogens (tertiary/aromatic N) is 3. The minimum Gasteiger partial charge on any atom is -0.310 e. The van der Waals surface area contributed by atoms with Crippen LogP contribution in [0.4, 0.5) is 0 Å². The number of aryl methyl sites for hydroxylation is 2. The van der Waals surface area contributed by atoms with Crippen LogP contribution < -0.4 is 5.32 Å². The summed E-state index contributed by atoms with van der Waals surface area (Å²) in [6.45, 7) is 13.6. The molecule has 0 fully saturated rings. The number of rotatable bonds is 5. The predicted molar refractivity (Wildman–Crippen MR) is 86.9 cm³/mol. The number of hydrogen-bond donors (Lipinski definition) is 1. The molecule has 0 bridgehead atoms. The Morgan fingerprint density at radius 2 is 1.86 bits per heavy atom. The SMILES string of the molecule is CCc1c(C)nn(-c2ccc(CNC(C)C)c(C)n2)c1C. The summed E-state index contributed by atoms with van der Waals surface area (Å²) in [4.78, 5) is 4.73. The van der Waals surface area contributed by atoms with Crippen LogP contribution in [0.3, 0.4) is 0 Å². The summed E-state index contributed by atoms with van der Waals surface area (Å²) in [5.41, 5.74) is 5.91. The molecule has 114 valence electrons. The van der Waals surface area contributed by atoms with Crippen LogP contribution in [0, 0.1) is 20.8 Å². The van der Waals surface area contributed by atoms with Crippen molar-refractivity contribution in [2.24, 2.45) is 0 Å². The molecule has 2 aromatic heterocycles. The van der Waals surface area contributed by atoms with Crippen molar-refractivity contribution in [3.8, 4) is 5.82 Å². The topological polar surface area (TPSA) is 42.7 Å². The number of aromatic nitrogens is 3. The Morgan fingerprint density at radius 1 is 1.14 bits per heavy atom. The van der Waals surface area contributed by atoms with Gasteiger partial charge in [0.25, 0.3) is 0 Å². The molecule has 2 heterocycles. The van der Waals surface area contributed by atoms with Crippen LogP contribution in [0.2, 0.25) is 0 Å². The van der Waals surface area contributed by atoms with E-state index in [-0.39, 0.29) is 0 Å². The van der Waals surface area contributed by atoms with Gasteiger partial charge in [-0.3, -0.25) is 0 Å². The molecule has 4 heteroatoms. The molecule has 0 atom stereocenters. The third kappa shape index (κ3) is 3.32. The molecule has 2 aromatic rings. The number of nitrogens with one attached hydrogen (secondary N) is 1. The van der Waals surface area contributed by atoms with E-state index in [1.807, 2.05) is 4.68 Å². The van der Waals surface area contributed by atoms with E-state index in [9.17, 15) is 0 Å². The zero-order valence-corrected chi connectivity index (χ0v) is 14.0. The van der Waals surface area contributed by atoms with Gasteiger partial charge in [0.15, 0.2) is 5.82 Å². The Labute approximate surface area is 127 Å². The molecule has 0 spiro atoms. The van der Waals surface area contributed by atoms with Crippen molar-refractivity contribution < 1.29 is 0 Å². The molecule has 0 saturated carbocycles. The van der Waals surface area contributed by atoms with Gasteiger partial charge in [0.05, 0.1) is 5.69 Å². The lowest BCUT2D eigenvalue weighted by Crippen LogP contribution is -2.22. The monoisotopic (exact) mass is 286 g/mol. The van der Waals surface area contributed by atoms with Crippen molar-refractivity contribution in [3.05, 3.63) is 40.3 Å². The van der Waals surface area contributed by atoms with Crippen molar-refractivity contribution in [2.45, 2.75) is 60.5 Å². The minimum atomic E-state index is 0.479. The molecule has 0 aromatic carbocycles. The highest BCUT2D eigenvalue weighted by molar-refractivity contribution is 5.35. The average molecular weight is 286 g/mol. The molecule has 2 rings (SSSR count). The number of pyridine rings is 1. The molecule has 0 radical (unpaired) electrons. The van der Waals surface area contributed by atoms with Crippen LogP contribution in [0.5, 0.6) is 0 Å². The molecule has 4 nitrogen and oxygen atoms in total. The summed E-state index contributed by atoms with van der Waals surface area (Å²) in [5.74, 6) is 0.904. The molecule has 0 aliphatic carbocycles. The Hall–Kier alpha value is -1.68. The van der Waals surface area contributed by atoms with E-state index in [0.717, 1.165) is 30.2 Å². The van der Waals surface area contributed by atoms with Crippen LogP contribution >= 0.6 is 0 Å². The average Bonchev–Trinajstić information content (AvgIpc) is 2.72. The van der Waals surface area contributed by atoms with Gasteiger partial charge < -0.3 is 5.32 Å². The molecule has 0 aliphatic heterocycles. The zero-order valence-electron chi connectivity index (χ0n) is 14.0. The number of hydrogen-bond acceptors (Lipinski definition) is 3. The Balaban J connectivity index is 2.32. The first-order chi connectivity index (χ1) is 9.93. The standard InChI is InChI=1S/C17H26N4/c1-7-16-13(5)20-21(14(16)6)17-9-8-15(12(4)19-17)10-18-11(2)3/h8-9,11,18H,7,10H2,1-6H3. The summed E-state index contributed by atoms with van der Waals surface area (Å²) >= 11 is 0. The maximum Gasteiger partial charge on any atom is 0.153 e. The van der Waals surface area contributed by atoms with Gasteiger partial charge in [-0.05, 0) is 44.4 Å². The summed E-state index contributed by atoms with van der Waals surface area (Å²) < 4.78 is 1.96. The van der Waals surface area contributed by atoms with Gasteiger partial charge in [-0.2, -0.15) is 5.10 Å². The van der Waals surface area contributed by atoms with Crippen molar-refractivity contribution >= 4 is 0 Å². The minimum absolute atomic E-state index is 0.479. The molecule has 0 amide bonds. The van der Waals surface area contributed by atoms with Crippen molar-refractivity contribution in [3.63, 3.8) is 0 Å². The van der Waals surface area contributed by atoms with Gasteiger partial charge in [-0.15, -0.1) is 0 Å². The van der Waals surface area contributed by atoms with E-state index in [4.69, 9.17) is 4.98 Å². The first-order valence-corrected chi connectivity index (χ1v) is 7.69. The summed E-state index contributed by atoms with van der Waals surface area (Å²) in [7, 11) is 0. The Bertz CT molecular complexity index is 626. The summed E-state index contributed by atoms with van der Waals surface area (Å²) in [6.07, 6.45) is 1.01. The molecule has 0 unspecified atom stereocenters. The first-order valence-electron chi connectivity index (χ1n) is 7.69. The van der Waals surface area contributed by atoms with Gasteiger partial charge >= 0.3 is 0 Å². The largest absolute Gasteiger partial charge is 0.310 e. The van der Waals surface area contributed by atoms with Gasteiger partial charge in [-0.25, -0.2) is 9.67 Å². The van der Waals surface area contributed by atoms with Crippen LogP contribution in [0.1, 0.15) is 49.0 Å². The van der Waals surface area contributed by atoms with Gasteiger partial charge in [0, 0.05) is 24.0 Å². The highest BCUT2D eigenvalue weighted by Crippen LogP contribution is 2.18. The summed E-state index contributed by atoms with van der Waals surface area (Å²) in [6, 6.07) is 4.69. The molecular formula is C17H26N4. The highest BCUT2D eigenvalue weighted by Gasteiger charge is 2.12. The van der Waals surface area contributed by atoms with Gasteiger partial charge in [0.1, 0.15) is 0 Å². The fourth-order valence-corrected chi connectivity index (χ4v) is 2.61.